The molecule has 2 atom stereocenters. The van der Waals surface area contributed by atoms with Gasteiger partial charge in [-0.1, -0.05) is 0 Å². The molecule has 1 aromatic rings. The highest BCUT2D eigenvalue weighted by molar-refractivity contribution is 5.90. The molecular formula is C16H23NO4. The van der Waals surface area contributed by atoms with Crippen molar-refractivity contribution < 1.29 is 19.0 Å². The lowest BCUT2D eigenvalue weighted by Crippen LogP contribution is -2.29. The van der Waals surface area contributed by atoms with Gasteiger partial charge in [0.05, 0.1) is 24.0 Å². The summed E-state index contributed by atoms with van der Waals surface area (Å²) in [6.45, 7) is 2.12. The Labute approximate surface area is 125 Å². The summed E-state index contributed by atoms with van der Waals surface area (Å²) in [6.07, 6.45) is 4.26. The second-order valence-electron chi connectivity index (χ2n) is 5.24. The Kier molecular flexibility index (Phi) is 5.44. The molecule has 5 nitrogen and oxygen atoms in total. The van der Waals surface area contributed by atoms with E-state index in [1.54, 1.807) is 32.2 Å². The standard InChI is InChI=1S/C16H23NO4/c1-3-20-16(18)11-7-8-14(17)15(9-11)21-13-6-4-5-12(10-13)19-2/h7-9,12-13H,3-6,10,17H2,1-2H3. The average Bonchev–Trinajstić information content (AvgIpc) is 2.50. The second-order valence-corrected chi connectivity index (χ2v) is 5.24. The lowest BCUT2D eigenvalue weighted by Gasteiger charge is -2.29. The fourth-order valence-corrected chi connectivity index (χ4v) is 2.58. The molecule has 116 valence electrons. The van der Waals surface area contributed by atoms with Crippen molar-refractivity contribution in [2.24, 2.45) is 0 Å². The highest BCUT2D eigenvalue weighted by Gasteiger charge is 2.24. The van der Waals surface area contributed by atoms with Crippen molar-refractivity contribution in [3.8, 4) is 5.75 Å². The third-order valence-corrected chi connectivity index (χ3v) is 3.73. The molecule has 0 spiro atoms. The zero-order valence-electron chi connectivity index (χ0n) is 12.6. The van der Waals surface area contributed by atoms with E-state index in [9.17, 15) is 4.79 Å². The van der Waals surface area contributed by atoms with Crippen molar-refractivity contribution in [1.82, 2.24) is 0 Å². The quantitative estimate of drug-likeness (QED) is 0.667. The predicted octanol–water partition coefficient (Wildman–Crippen LogP) is 2.78. The first kappa shape index (κ1) is 15.6. The minimum Gasteiger partial charge on any atom is -0.488 e. The lowest BCUT2D eigenvalue weighted by atomic mass is 9.95. The molecule has 1 fully saturated rings. The molecule has 0 aromatic heterocycles. The number of ether oxygens (including phenoxy) is 3. The Hall–Kier alpha value is -1.75. The number of anilines is 1. The third kappa shape index (κ3) is 4.11. The van der Waals surface area contributed by atoms with Crippen LogP contribution in [0.25, 0.3) is 0 Å². The van der Waals surface area contributed by atoms with Crippen LogP contribution in [0.5, 0.6) is 5.75 Å². The largest absolute Gasteiger partial charge is 0.488 e. The summed E-state index contributed by atoms with van der Waals surface area (Å²) in [7, 11) is 1.72. The summed E-state index contributed by atoms with van der Waals surface area (Å²) < 4.78 is 16.4. The van der Waals surface area contributed by atoms with Crippen LogP contribution in [0.15, 0.2) is 18.2 Å². The monoisotopic (exact) mass is 293 g/mol. The number of rotatable bonds is 5. The number of esters is 1. The van der Waals surface area contributed by atoms with Crippen LogP contribution in [-0.4, -0.2) is 31.9 Å². The maximum atomic E-state index is 11.8. The Bertz CT molecular complexity index is 489. The number of hydrogen-bond acceptors (Lipinski definition) is 5. The van der Waals surface area contributed by atoms with E-state index in [2.05, 4.69) is 0 Å². The fourth-order valence-electron chi connectivity index (χ4n) is 2.58. The Morgan fingerprint density at radius 3 is 2.81 bits per heavy atom. The van der Waals surface area contributed by atoms with Crippen molar-refractivity contribution >= 4 is 11.7 Å². The summed E-state index contributed by atoms with van der Waals surface area (Å²) >= 11 is 0. The average molecular weight is 293 g/mol. The summed E-state index contributed by atoms with van der Waals surface area (Å²) in [5.41, 5.74) is 6.93. The molecule has 0 aliphatic heterocycles. The Morgan fingerprint density at radius 2 is 2.10 bits per heavy atom. The van der Waals surface area contributed by atoms with Crippen LogP contribution in [0.2, 0.25) is 0 Å². The van der Waals surface area contributed by atoms with E-state index < -0.39 is 0 Å². The molecule has 0 amide bonds. The van der Waals surface area contributed by atoms with E-state index in [1.807, 2.05) is 0 Å². The van der Waals surface area contributed by atoms with Crippen LogP contribution < -0.4 is 10.5 Å². The van der Waals surface area contributed by atoms with Gasteiger partial charge < -0.3 is 19.9 Å². The summed E-state index contributed by atoms with van der Waals surface area (Å²) in [5.74, 6) is 0.183. The molecule has 1 aliphatic carbocycles. The van der Waals surface area contributed by atoms with E-state index in [-0.39, 0.29) is 18.2 Å². The maximum Gasteiger partial charge on any atom is 0.338 e. The highest BCUT2D eigenvalue weighted by Crippen LogP contribution is 2.29. The minimum atomic E-state index is -0.360. The Balaban J connectivity index is 2.08. The molecular weight excluding hydrogens is 270 g/mol. The van der Waals surface area contributed by atoms with Crippen molar-refractivity contribution in [2.75, 3.05) is 19.5 Å². The minimum absolute atomic E-state index is 0.0726. The van der Waals surface area contributed by atoms with Crippen LogP contribution in [-0.2, 0) is 9.47 Å². The molecule has 0 heterocycles. The molecule has 2 unspecified atom stereocenters. The van der Waals surface area contributed by atoms with E-state index >= 15 is 0 Å². The molecule has 0 bridgehead atoms. The smallest absolute Gasteiger partial charge is 0.338 e. The van der Waals surface area contributed by atoms with Gasteiger partial charge in [-0.3, -0.25) is 0 Å². The number of nitrogen functional groups attached to an aromatic ring is 1. The van der Waals surface area contributed by atoms with Gasteiger partial charge in [-0.25, -0.2) is 4.79 Å². The lowest BCUT2D eigenvalue weighted by molar-refractivity contribution is 0.0211. The number of benzene rings is 1. The predicted molar refractivity (Wildman–Crippen MR) is 80.5 cm³/mol. The van der Waals surface area contributed by atoms with Gasteiger partial charge in [0.2, 0.25) is 0 Å². The van der Waals surface area contributed by atoms with Crippen LogP contribution in [0, 0.1) is 0 Å². The zero-order chi connectivity index (χ0) is 15.2. The van der Waals surface area contributed by atoms with Gasteiger partial charge in [0.1, 0.15) is 11.9 Å². The first-order chi connectivity index (χ1) is 10.1. The van der Waals surface area contributed by atoms with Gasteiger partial charge in [-0.05, 0) is 44.4 Å². The molecule has 1 saturated carbocycles. The van der Waals surface area contributed by atoms with Gasteiger partial charge in [0.25, 0.3) is 0 Å². The van der Waals surface area contributed by atoms with Crippen LogP contribution >= 0.6 is 0 Å². The normalized spacial score (nSPS) is 21.8. The SMILES string of the molecule is CCOC(=O)c1ccc(N)c(OC2CCCC(OC)C2)c1. The number of nitrogens with two attached hydrogens (primary N) is 1. The van der Waals surface area contributed by atoms with E-state index in [1.165, 1.54) is 0 Å². The molecule has 0 radical (unpaired) electrons. The summed E-state index contributed by atoms with van der Waals surface area (Å²) in [6, 6.07) is 4.99. The number of methoxy groups -OCH3 is 1. The third-order valence-electron chi connectivity index (χ3n) is 3.73. The molecule has 2 N–H and O–H groups in total. The van der Waals surface area contributed by atoms with Crippen molar-refractivity contribution in [3.05, 3.63) is 23.8 Å². The second kappa shape index (κ2) is 7.31. The molecule has 5 heteroatoms. The van der Waals surface area contributed by atoms with Crippen LogP contribution in [0.1, 0.15) is 43.0 Å². The van der Waals surface area contributed by atoms with Crippen molar-refractivity contribution in [3.63, 3.8) is 0 Å². The number of hydrogen-bond donors (Lipinski definition) is 1. The van der Waals surface area contributed by atoms with E-state index in [4.69, 9.17) is 19.9 Å². The van der Waals surface area contributed by atoms with Crippen LogP contribution in [0.3, 0.4) is 0 Å². The Morgan fingerprint density at radius 1 is 1.33 bits per heavy atom. The summed E-state index contributed by atoms with van der Waals surface area (Å²) in [4.78, 5) is 11.8. The summed E-state index contributed by atoms with van der Waals surface area (Å²) in [5, 5.41) is 0. The highest BCUT2D eigenvalue weighted by atomic mass is 16.5. The van der Waals surface area contributed by atoms with Crippen LogP contribution in [0.4, 0.5) is 5.69 Å². The van der Waals surface area contributed by atoms with Gasteiger partial charge in [-0.15, -0.1) is 0 Å². The van der Waals surface area contributed by atoms with Crippen molar-refractivity contribution in [2.45, 2.75) is 44.8 Å². The molecule has 1 aliphatic rings. The molecule has 1 aromatic carbocycles. The topological polar surface area (TPSA) is 70.8 Å². The number of carbonyl (C=O) groups excluding carboxylic acids is 1. The van der Waals surface area contributed by atoms with Gasteiger partial charge in [0.15, 0.2) is 0 Å². The van der Waals surface area contributed by atoms with E-state index in [0.717, 1.165) is 25.7 Å². The fraction of sp³-hybridized carbons (Fsp3) is 0.562. The first-order valence-electron chi connectivity index (χ1n) is 7.40. The first-order valence-corrected chi connectivity index (χ1v) is 7.40. The zero-order valence-corrected chi connectivity index (χ0v) is 12.6. The molecule has 21 heavy (non-hydrogen) atoms. The maximum absolute atomic E-state index is 11.8. The number of carbonyl (C=O) groups is 1. The molecule has 2 rings (SSSR count). The van der Waals surface area contributed by atoms with Gasteiger partial charge in [-0.2, -0.15) is 0 Å². The van der Waals surface area contributed by atoms with Crippen molar-refractivity contribution in [1.29, 1.82) is 0 Å². The van der Waals surface area contributed by atoms with Gasteiger partial charge in [0, 0.05) is 13.5 Å². The van der Waals surface area contributed by atoms with Gasteiger partial charge >= 0.3 is 5.97 Å². The van der Waals surface area contributed by atoms with E-state index in [0.29, 0.717) is 23.6 Å². The molecule has 0 saturated heterocycles.